The standard InChI is InChI=1S/C29H44N4O3/c1-4-14-30-28(35)33-20-29(12-15-32(16-13-29)18-21-8-6-5-7-9-21)26-23-11-10-22(36-3)17-24(23)31(2)27(26)25(33)19-34/h10-11,17,21,25,34H,4-9,12-16,18-20H2,1-3H3,(H,30,35)/t25-/m0/s1. The summed E-state index contributed by atoms with van der Waals surface area (Å²) in [6.07, 6.45) is 9.88. The van der Waals surface area contributed by atoms with E-state index in [1.165, 1.54) is 49.6 Å². The summed E-state index contributed by atoms with van der Waals surface area (Å²) in [4.78, 5) is 18.0. The molecule has 1 aliphatic carbocycles. The van der Waals surface area contributed by atoms with Crippen LogP contribution in [0.4, 0.5) is 4.79 Å². The number of benzene rings is 1. The van der Waals surface area contributed by atoms with Gasteiger partial charge in [-0.15, -0.1) is 0 Å². The molecule has 36 heavy (non-hydrogen) atoms. The van der Waals surface area contributed by atoms with E-state index in [9.17, 15) is 9.90 Å². The lowest BCUT2D eigenvalue weighted by atomic mass is 9.68. The van der Waals surface area contributed by atoms with Crippen molar-refractivity contribution in [2.75, 3.05) is 46.4 Å². The molecule has 2 amide bonds. The van der Waals surface area contributed by atoms with Gasteiger partial charge in [0.2, 0.25) is 0 Å². The molecule has 2 aromatic rings. The highest BCUT2D eigenvalue weighted by Gasteiger charge is 2.49. The minimum absolute atomic E-state index is 0.0617. The zero-order valence-corrected chi connectivity index (χ0v) is 22.4. The number of fused-ring (bicyclic) bond motifs is 4. The number of piperidine rings is 1. The Morgan fingerprint density at radius 3 is 2.61 bits per heavy atom. The van der Waals surface area contributed by atoms with Crippen molar-refractivity contribution >= 4 is 16.9 Å². The number of nitrogens with zero attached hydrogens (tertiary/aromatic N) is 3. The molecule has 3 aliphatic rings. The number of aryl methyl sites for hydroxylation is 1. The molecule has 1 spiro atoms. The summed E-state index contributed by atoms with van der Waals surface area (Å²) in [5.41, 5.74) is 3.43. The van der Waals surface area contributed by atoms with E-state index in [2.05, 4.69) is 40.9 Å². The third-order valence-corrected chi connectivity index (χ3v) is 9.16. The van der Waals surface area contributed by atoms with Gasteiger partial charge in [-0.1, -0.05) is 26.2 Å². The Labute approximate surface area is 215 Å². The maximum Gasteiger partial charge on any atom is 0.318 e. The highest BCUT2D eigenvalue weighted by atomic mass is 16.5. The third-order valence-electron chi connectivity index (χ3n) is 9.16. The molecule has 5 rings (SSSR count). The maximum atomic E-state index is 13.4. The van der Waals surface area contributed by atoms with Crippen LogP contribution < -0.4 is 10.1 Å². The smallest absolute Gasteiger partial charge is 0.318 e. The number of aliphatic hydroxyl groups excluding tert-OH is 1. The van der Waals surface area contributed by atoms with Crippen molar-refractivity contribution in [1.29, 1.82) is 0 Å². The molecule has 7 nitrogen and oxygen atoms in total. The van der Waals surface area contributed by atoms with Gasteiger partial charge in [0.1, 0.15) is 5.75 Å². The van der Waals surface area contributed by atoms with Gasteiger partial charge in [0, 0.05) is 49.2 Å². The molecule has 0 radical (unpaired) electrons. The van der Waals surface area contributed by atoms with Crippen molar-refractivity contribution in [3.63, 3.8) is 0 Å². The van der Waals surface area contributed by atoms with E-state index >= 15 is 0 Å². The normalized spacial score (nSPS) is 22.7. The van der Waals surface area contributed by atoms with Crippen LogP contribution in [0, 0.1) is 5.92 Å². The van der Waals surface area contributed by atoms with Gasteiger partial charge < -0.3 is 29.5 Å². The van der Waals surface area contributed by atoms with Gasteiger partial charge >= 0.3 is 6.03 Å². The number of carbonyl (C=O) groups is 1. The second-order valence-electron chi connectivity index (χ2n) is 11.3. The minimum atomic E-state index is -0.355. The first kappa shape index (κ1) is 25.4. The topological polar surface area (TPSA) is 70.0 Å². The van der Waals surface area contributed by atoms with E-state index in [1.54, 1.807) is 7.11 Å². The monoisotopic (exact) mass is 496 g/mol. The van der Waals surface area contributed by atoms with Crippen LogP contribution in [0.2, 0.25) is 0 Å². The van der Waals surface area contributed by atoms with Gasteiger partial charge in [0.25, 0.3) is 0 Å². The summed E-state index contributed by atoms with van der Waals surface area (Å²) in [6, 6.07) is 5.91. The van der Waals surface area contributed by atoms with E-state index in [4.69, 9.17) is 4.74 Å². The highest BCUT2D eigenvalue weighted by Crippen LogP contribution is 2.50. The van der Waals surface area contributed by atoms with Crippen LogP contribution >= 0.6 is 0 Å². The molecule has 198 valence electrons. The predicted octanol–water partition coefficient (Wildman–Crippen LogP) is 4.57. The zero-order chi connectivity index (χ0) is 25.3. The fourth-order valence-electron chi connectivity index (χ4n) is 7.21. The largest absolute Gasteiger partial charge is 0.497 e. The molecule has 1 saturated heterocycles. The van der Waals surface area contributed by atoms with Crippen LogP contribution in [-0.2, 0) is 12.5 Å². The third kappa shape index (κ3) is 4.49. The average Bonchev–Trinajstić information content (AvgIpc) is 3.21. The first-order chi connectivity index (χ1) is 17.5. The van der Waals surface area contributed by atoms with E-state index in [0.717, 1.165) is 55.2 Å². The SMILES string of the molecule is CCCNC(=O)N1CC2(CCN(CC3CCCCC3)CC2)c2c(n(C)c3cc(OC)ccc23)[C@@H]1CO. The van der Waals surface area contributed by atoms with Crippen molar-refractivity contribution < 1.29 is 14.6 Å². The first-order valence-corrected chi connectivity index (χ1v) is 14.1. The summed E-state index contributed by atoms with van der Waals surface area (Å²) in [6.45, 7) is 6.64. The van der Waals surface area contributed by atoms with E-state index in [-0.39, 0.29) is 24.1 Å². The van der Waals surface area contributed by atoms with Crippen molar-refractivity contribution in [3.05, 3.63) is 29.5 Å². The quantitative estimate of drug-likeness (QED) is 0.615. The molecule has 1 atom stereocenters. The number of hydrogen-bond donors (Lipinski definition) is 2. The van der Waals surface area contributed by atoms with Gasteiger partial charge in [-0.3, -0.25) is 0 Å². The number of ether oxygens (including phenoxy) is 1. The maximum absolute atomic E-state index is 13.4. The Morgan fingerprint density at radius 1 is 1.19 bits per heavy atom. The lowest BCUT2D eigenvalue weighted by Crippen LogP contribution is -2.57. The van der Waals surface area contributed by atoms with Crippen molar-refractivity contribution in [2.45, 2.75) is 69.7 Å². The summed E-state index contributed by atoms with van der Waals surface area (Å²) in [7, 11) is 3.77. The summed E-state index contributed by atoms with van der Waals surface area (Å²) in [5, 5.41) is 14.9. The van der Waals surface area contributed by atoms with Crippen LogP contribution in [0.25, 0.3) is 10.9 Å². The number of nitrogens with one attached hydrogen (secondary N) is 1. The molecular formula is C29H44N4O3. The molecule has 7 heteroatoms. The number of hydrogen-bond acceptors (Lipinski definition) is 4. The Kier molecular flexibility index (Phi) is 7.49. The van der Waals surface area contributed by atoms with Gasteiger partial charge in [-0.05, 0) is 68.8 Å². The first-order valence-electron chi connectivity index (χ1n) is 14.1. The van der Waals surface area contributed by atoms with Crippen molar-refractivity contribution in [1.82, 2.24) is 19.7 Å². The van der Waals surface area contributed by atoms with Gasteiger partial charge in [0.15, 0.2) is 0 Å². The highest BCUT2D eigenvalue weighted by molar-refractivity contribution is 5.89. The molecule has 1 aromatic heterocycles. The zero-order valence-electron chi connectivity index (χ0n) is 22.4. The Morgan fingerprint density at radius 2 is 1.94 bits per heavy atom. The van der Waals surface area contributed by atoms with E-state index in [1.807, 2.05) is 11.0 Å². The summed E-state index contributed by atoms with van der Waals surface area (Å²) < 4.78 is 7.74. The molecular weight excluding hydrogens is 452 g/mol. The Balaban J connectivity index is 1.52. The molecule has 2 aliphatic heterocycles. The number of amides is 2. The average molecular weight is 497 g/mol. The van der Waals surface area contributed by atoms with Crippen LogP contribution in [0.3, 0.4) is 0 Å². The van der Waals surface area contributed by atoms with Gasteiger partial charge in [0.05, 0.1) is 25.3 Å². The number of aliphatic hydroxyl groups is 1. The summed E-state index contributed by atoms with van der Waals surface area (Å²) >= 11 is 0. The number of aromatic nitrogens is 1. The molecule has 2 fully saturated rings. The predicted molar refractivity (Wildman–Crippen MR) is 144 cm³/mol. The summed E-state index contributed by atoms with van der Waals surface area (Å²) in [5.74, 6) is 1.67. The van der Waals surface area contributed by atoms with Crippen LogP contribution in [0.5, 0.6) is 5.75 Å². The van der Waals surface area contributed by atoms with Crippen molar-refractivity contribution in [2.24, 2.45) is 13.0 Å². The second kappa shape index (κ2) is 10.6. The van der Waals surface area contributed by atoms with Crippen molar-refractivity contribution in [3.8, 4) is 5.75 Å². The van der Waals surface area contributed by atoms with Gasteiger partial charge in [-0.25, -0.2) is 4.79 Å². The molecule has 0 bridgehead atoms. The number of methoxy groups -OCH3 is 1. The van der Waals surface area contributed by atoms with Crippen LogP contribution in [-0.4, -0.2) is 71.9 Å². The Bertz CT molecular complexity index is 1070. The lowest BCUT2D eigenvalue weighted by Gasteiger charge is -2.50. The van der Waals surface area contributed by atoms with Gasteiger partial charge in [-0.2, -0.15) is 0 Å². The molecule has 1 aromatic carbocycles. The molecule has 0 unspecified atom stereocenters. The lowest BCUT2D eigenvalue weighted by molar-refractivity contribution is 0.0607. The number of rotatable bonds is 6. The second-order valence-corrected chi connectivity index (χ2v) is 11.3. The number of carbonyl (C=O) groups excluding carboxylic acids is 1. The minimum Gasteiger partial charge on any atom is -0.497 e. The van der Waals surface area contributed by atoms with E-state index in [0.29, 0.717) is 13.1 Å². The Hall–Kier alpha value is -2.25. The number of urea groups is 1. The fraction of sp³-hybridized carbons (Fsp3) is 0.690. The number of likely N-dealkylation sites (tertiary alicyclic amines) is 1. The van der Waals surface area contributed by atoms with E-state index < -0.39 is 0 Å². The molecule has 1 saturated carbocycles. The molecule has 3 heterocycles. The fourth-order valence-corrected chi connectivity index (χ4v) is 7.21. The van der Waals surface area contributed by atoms with Crippen LogP contribution in [0.15, 0.2) is 18.2 Å². The molecule has 2 N–H and O–H groups in total. The van der Waals surface area contributed by atoms with Crippen LogP contribution in [0.1, 0.15) is 75.6 Å².